The second kappa shape index (κ2) is 11.7. The third-order valence-corrected chi connectivity index (χ3v) is 6.87. The summed E-state index contributed by atoms with van der Waals surface area (Å²) in [5, 5.41) is 17.2. The fraction of sp³-hybridized carbons (Fsp3) is 0.222. The van der Waals surface area contributed by atoms with Gasteiger partial charge >= 0.3 is 5.69 Å². The van der Waals surface area contributed by atoms with Crippen LogP contribution in [0.25, 0.3) is 10.9 Å². The maximum absolute atomic E-state index is 13.4. The number of rotatable bonds is 9. The summed E-state index contributed by atoms with van der Waals surface area (Å²) >= 11 is 9.59. The highest BCUT2D eigenvalue weighted by Crippen LogP contribution is 2.39. The quantitative estimate of drug-likeness (QED) is 0.120. The van der Waals surface area contributed by atoms with Gasteiger partial charge in [0, 0.05) is 32.6 Å². The van der Waals surface area contributed by atoms with E-state index in [9.17, 15) is 14.9 Å². The lowest BCUT2D eigenvalue weighted by atomic mass is 10.1. The van der Waals surface area contributed by atoms with Gasteiger partial charge in [-0.3, -0.25) is 14.9 Å². The lowest BCUT2D eigenvalue weighted by molar-refractivity contribution is -0.386. The zero-order chi connectivity index (χ0) is 27.4. The molecular formula is C27H24BrClN4O5. The summed E-state index contributed by atoms with van der Waals surface area (Å²) in [6.07, 6.45) is 2.10. The van der Waals surface area contributed by atoms with Gasteiger partial charge in [-0.05, 0) is 36.8 Å². The number of nitro groups is 1. The predicted octanol–water partition coefficient (Wildman–Crippen LogP) is 6.70. The minimum Gasteiger partial charge on any atom is -0.493 e. The van der Waals surface area contributed by atoms with Crippen LogP contribution in [0, 0.1) is 10.1 Å². The van der Waals surface area contributed by atoms with E-state index in [0.29, 0.717) is 32.9 Å². The number of hydrogen-bond acceptors (Lipinski definition) is 7. The van der Waals surface area contributed by atoms with Crippen LogP contribution in [0.3, 0.4) is 0 Å². The molecule has 3 aromatic carbocycles. The minimum atomic E-state index is -0.562. The standard InChI is InChI=1S/C27H24BrClN4O5/c1-4-16(2)26-31-22-10-9-19(28)13-20(22)27(34)32(26)30-14-17-11-23(33(35)36)25(24(12-17)37-3)38-15-18-7-5-6-8-21(18)29/h5-14,16H,4,15H2,1-3H3/t16-/m0/s1. The van der Waals surface area contributed by atoms with Crippen LogP contribution in [0.5, 0.6) is 11.5 Å². The summed E-state index contributed by atoms with van der Waals surface area (Å²) in [7, 11) is 1.39. The van der Waals surface area contributed by atoms with Crippen molar-refractivity contribution < 1.29 is 14.4 Å². The Morgan fingerprint density at radius 2 is 2.00 bits per heavy atom. The van der Waals surface area contributed by atoms with E-state index in [4.69, 9.17) is 21.1 Å². The lowest BCUT2D eigenvalue weighted by Crippen LogP contribution is -2.23. The molecule has 0 bridgehead atoms. The molecule has 0 aliphatic rings. The molecular weight excluding hydrogens is 576 g/mol. The smallest absolute Gasteiger partial charge is 0.315 e. The zero-order valence-corrected chi connectivity index (χ0v) is 23.2. The Hall–Kier alpha value is -3.76. The number of aromatic nitrogens is 2. The zero-order valence-electron chi connectivity index (χ0n) is 20.9. The van der Waals surface area contributed by atoms with Crippen LogP contribution < -0.4 is 15.0 Å². The predicted molar refractivity (Wildman–Crippen MR) is 151 cm³/mol. The number of ether oxygens (including phenoxy) is 2. The number of fused-ring (bicyclic) bond motifs is 1. The number of nitro benzene ring substituents is 1. The van der Waals surface area contributed by atoms with Crippen molar-refractivity contribution in [3.63, 3.8) is 0 Å². The monoisotopic (exact) mass is 598 g/mol. The fourth-order valence-corrected chi connectivity index (χ4v) is 4.34. The summed E-state index contributed by atoms with van der Waals surface area (Å²) in [6, 6.07) is 15.2. The van der Waals surface area contributed by atoms with E-state index in [-0.39, 0.29) is 35.3 Å². The first-order chi connectivity index (χ1) is 18.2. The largest absolute Gasteiger partial charge is 0.493 e. The summed E-state index contributed by atoms with van der Waals surface area (Å²) in [4.78, 5) is 29.4. The van der Waals surface area contributed by atoms with Gasteiger partial charge in [-0.15, -0.1) is 0 Å². The highest BCUT2D eigenvalue weighted by molar-refractivity contribution is 9.10. The SMILES string of the molecule is CC[C@H](C)c1nc2ccc(Br)cc2c(=O)n1N=Cc1cc(OC)c(OCc2ccccc2Cl)c([N+](=O)[O-])c1. The van der Waals surface area contributed by atoms with Crippen molar-refractivity contribution in [1.29, 1.82) is 0 Å². The number of hydrogen-bond donors (Lipinski definition) is 0. The van der Waals surface area contributed by atoms with Crippen molar-refractivity contribution in [2.24, 2.45) is 5.10 Å². The molecule has 38 heavy (non-hydrogen) atoms. The van der Waals surface area contributed by atoms with Gasteiger partial charge in [0.15, 0.2) is 5.75 Å². The highest BCUT2D eigenvalue weighted by atomic mass is 79.9. The second-order valence-electron chi connectivity index (χ2n) is 8.51. The topological polar surface area (TPSA) is 109 Å². The summed E-state index contributed by atoms with van der Waals surface area (Å²) in [6.45, 7) is 3.96. The molecule has 0 spiro atoms. The van der Waals surface area contributed by atoms with Crippen molar-refractivity contribution >= 4 is 50.3 Å². The summed E-state index contributed by atoms with van der Waals surface area (Å²) < 4.78 is 13.2. The van der Waals surface area contributed by atoms with Gasteiger partial charge in [-0.25, -0.2) is 4.98 Å². The van der Waals surface area contributed by atoms with Crippen molar-refractivity contribution in [1.82, 2.24) is 9.66 Å². The minimum absolute atomic E-state index is 0.0102. The molecule has 11 heteroatoms. The Labute approximate surface area is 232 Å². The summed E-state index contributed by atoms with van der Waals surface area (Å²) in [5.74, 6) is 0.536. The van der Waals surface area contributed by atoms with E-state index < -0.39 is 4.92 Å². The highest BCUT2D eigenvalue weighted by Gasteiger charge is 2.23. The molecule has 0 unspecified atom stereocenters. The van der Waals surface area contributed by atoms with Gasteiger partial charge < -0.3 is 9.47 Å². The van der Waals surface area contributed by atoms with Crippen molar-refractivity contribution in [3.8, 4) is 11.5 Å². The Morgan fingerprint density at radius 3 is 2.68 bits per heavy atom. The van der Waals surface area contributed by atoms with Crippen LogP contribution in [0.15, 0.2) is 69.0 Å². The molecule has 1 atom stereocenters. The molecule has 4 aromatic rings. The number of benzene rings is 3. The molecule has 0 radical (unpaired) electrons. The van der Waals surface area contributed by atoms with Gasteiger partial charge in [0.1, 0.15) is 12.4 Å². The van der Waals surface area contributed by atoms with Crippen LogP contribution in [0.2, 0.25) is 5.02 Å². The Bertz CT molecular complexity index is 1600. The third-order valence-electron chi connectivity index (χ3n) is 6.01. The van der Waals surface area contributed by atoms with Crippen LogP contribution in [-0.2, 0) is 6.61 Å². The molecule has 4 rings (SSSR count). The van der Waals surface area contributed by atoms with Crippen LogP contribution in [0.1, 0.15) is 43.1 Å². The molecule has 0 aliphatic heterocycles. The molecule has 9 nitrogen and oxygen atoms in total. The van der Waals surface area contributed by atoms with E-state index >= 15 is 0 Å². The van der Waals surface area contributed by atoms with Gasteiger partial charge in [-0.1, -0.05) is 59.6 Å². The van der Waals surface area contributed by atoms with Crippen molar-refractivity contribution in [2.75, 3.05) is 7.11 Å². The first kappa shape index (κ1) is 27.3. The first-order valence-electron chi connectivity index (χ1n) is 11.7. The molecule has 0 fully saturated rings. The second-order valence-corrected chi connectivity index (χ2v) is 9.83. The van der Waals surface area contributed by atoms with Crippen LogP contribution in [-0.4, -0.2) is 27.9 Å². The van der Waals surface area contributed by atoms with E-state index in [0.717, 1.165) is 10.9 Å². The van der Waals surface area contributed by atoms with Crippen LogP contribution >= 0.6 is 27.5 Å². The number of halogens is 2. The number of methoxy groups -OCH3 is 1. The summed E-state index contributed by atoms with van der Waals surface area (Å²) in [5.41, 5.74) is 0.924. The number of nitrogens with zero attached hydrogens (tertiary/aromatic N) is 4. The van der Waals surface area contributed by atoms with Crippen LogP contribution in [0.4, 0.5) is 5.69 Å². The molecule has 0 saturated heterocycles. The maximum Gasteiger partial charge on any atom is 0.315 e. The molecule has 1 heterocycles. The molecule has 0 saturated carbocycles. The molecule has 0 aliphatic carbocycles. The van der Waals surface area contributed by atoms with E-state index in [1.807, 2.05) is 19.9 Å². The molecule has 0 N–H and O–H groups in total. The molecule has 1 aromatic heterocycles. The normalized spacial score (nSPS) is 12.1. The van der Waals surface area contributed by atoms with Gasteiger partial charge in [0.25, 0.3) is 5.56 Å². The molecule has 0 amide bonds. The molecule has 196 valence electrons. The van der Waals surface area contributed by atoms with Gasteiger partial charge in [0.2, 0.25) is 5.75 Å². The Morgan fingerprint density at radius 1 is 1.24 bits per heavy atom. The lowest BCUT2D eigenvalue weighted by Gasteiger charge is -2.14. The van der Waals surface area contributed by atoms with E-state index in [1.165, 1.54) is 24.1 Å². The average molecular weight is 600 g/mol. The third kappa shape index (κ3) is 5.71. The maximum atomic E-state index is 13.4. The average Bonchev–Trinajstić information content (AvgIpc) is 2.91. The Kier molecular flexibility index (Phi) is 8.43. The van der Waals surface area contributed by atoms with Gasteiger partial charge in [-0.2, -0.15) is 9.78 Å². The van der Waals surface area contributed by atoms with Gasteiger partial charge in [0.05, 0.1) is 29.2 Å². The van der Waals surface area contributed by atoms with Crippen molar-refractivity contribution in [2.45, 2.75) is 32.8 Å². The Balaban J connectivity index is 1.78. The van der Waals surface area contributed by atoms with Crippen molar-refractivity contribution in [3.05, 3.63) is 102 Å². The van der Waals surface area contributed by atoms with E-state index in [2.05, 4.69) is 26.0 Å². The van der Waals surface area contributed by atoms with E-state index in [1.54, 1.807) is 42.5 Å². The fourth-order valence-electron chi connectivity index (χ4n) is 3.78. The first-order valence-corrected chi connectivity index (χ1v) is 12.9.